The number of nitrogens with one attached hydrogen (secondary N) is 1. The highest BCUT2D eigenvalue weighted by atomic mass is 16.2. The molecule has 0 spiro atoms. The zero-order valence-corrected chi connectivity index (χ0v) is 14.3. The van der Waals surface area contributed by atoms with Crippen LogP contribution in [0.2, 0.25) is 0 Å². The highest BCUT2D eigenvalue weighted by Gasteiger charge is 2.35. The molecular formula is C20H20N2O3. The Labute approximate surface area is 146 Å². The smallest absolute Gasteiger partial charge is 0.261 e. The van der Waals surface area contributed by atoms with E-state index in [2.05, 4.69) is 5.32 Å². The van der Waals surface area contributed by atoms with Gasteiger partial charge in [-0.25, -0.2) is 0 Å². The van der Waals surface area contributed by atoms with Gasteiger partial charge in [-0.15, -0.1) is 0 Å². The van der Waals surface area contributed by atoms with E-state index in [0.29, 0.717) is 11.1 Å². The van der Waals surface area contributed by atoms with E-state index in [9.17, 15) is 14.4 Å². The fourth-order valence-electron chi connectivity index (χ4n) is 2.96. The lowest BCUT2D eigenvalue weighted by molar-refractivity contribution is -0.121. The number of rotatable bonds is 5. The second-order valence-electron chi connectivity index (χ2n) is 6.26. The SMILES string of the molecule is Cc1ccc2c(c1)C(=O)N(CCC(=O)NC(C)c1ccccc1)C2=O. The average Bonchev–Trinajstić information content (AvgIpc) is 2.84. The number of carbonyl (C=O) groups is 3. The molecule has 3 rings (SSSR count). The maximum absolute atomic E-state index is 12.4. The molecule has 0 bridgehead atoms. The molecule has 0 saturated heterocycles. The molecule has 1 aliphatic heterocycles. The Morgan fingerprint density at radius 3 is 2.44 bits per heavy atom. The summed E-state index contributed by atoms with van der Waals surface area (Å²) in [5.41, 5.74) is 2.76. The van der Waals surface area contributed by atoms with Crippen LogP contribution in [0.4, 0.5) is 0 Å². The molecule has 1 heterocycles. The van der Waals surface area contributed by atoms with Crippen molar-refractivity contribution in [3.8, 4) is 0 Å². The van der Waals surface area contributed by atoms with Gasteiger partial charge in [0.05, 0.1) is 17.2 Å². The van der Waals surface area contributed by atoms with Gasteiger partial charge in [0.15, 0.2) is 0 Å². The van der Waals surface area contributed by atoms with Gasteiger partial charge in [0, 0.05) is 13.0 Å². The van der Waals surface area contributed by atoms with Crippen LogP contribution in [0.3, 0.4) is 0 Å². The molecule has 1 N–H and O–H groups in total. The predicted molar refractivity (Wildman–Crippen MR) is 94.2 cm³/mol. The lowest BCUT2D eigenvalue weighted by atomic mass is 10.1. The second kappa shape index (κ2) is 6.89. The van der Waals surface area contributed by atoms with Gasteiger partial charge in [0.2, 0.25) is 5.91 Å². The quantitative estimate of drug-likeness (QED) is 0.854. The number of hydrogen-bond acceptors (Lipinski definition) is 3. The van der Waals surface area contributed by atoms with Crippen LogP contribution >= 0.6 is 0 Å². The second-order valence-corrected chi connectivity index (χ2v) is 6.26. The first kappa shape index (κ1) is 16.9. The third-order valence-corrected chi connectivity index (χ3v) is 4.37. The van der Waals surface area contributed by atoms with E-state index in [1.807, 2.05) is 50.2 Å². The van der Waals surface area contributed by atoms with E-state index in [0.717, 1.165) is 16.0 Å². The molecule has 0 aromatic heterocycles. The normalized spacial score (nSPS) is 14.4. The van der Waals surface area contributed by atoms with E-state index < -0.39 is 0 Å². The first-order chi connectivity index (χ1) is 12.0. The minimum absolute atomic E-state index is 0.0821. The molecule has 0 radical (unpaired) electrons. The van der Waals surface area contributed by atoms with Crippen molar-refractivity contribution < 1.29 is 14.4 Å². The van der Waals surface area contributed by atoms with Crippen molar-refractivity contribution in [3.05, 3.63) is 70.8 Å². The van der Waals surface area contributed by atoms with Crippen LogP contribution in [0.1, 0.15) is 51.2 Å². The Kier molecular flexibility index (Phi) is 4.65. The minimum atomic E-state index is -0.330. The van der Waals surface area contributed by atoms with Gasteiger partial charge in [0.25, 0.3) is 11.8 Å². The van der Waals surface area contributed by atoms with Gasteiger partial charge in [-0.1, -0.05) is 42.0 Å². The summed E-state index contributed by atoms with van der Waals surface area (Å²) in [5, 5.41) is 2.89. The maximum Gasteiger partial charge on any atom is 0.261 e. The highest BCUT2D eigenvalue weighted by Crippen LogP contribution is 2.24. The summed E-state index contributed by atoms with van der Waals surface area (Å²) < 4.78 is 0. The Bertz CT molecular complexity index is 830. The molecule has 2 aromatic rings. The van der Waals surface area contributed by atoms with Crippen LogP contribution < -0.4 is 5.32 Å². The number of benzene rings is 2. The maximum atomic E-state index is 12.4. The van der Waals surface area contributed by atoms with Crippen LogP contribution in [0.25, 0.3) is 0 Å². The highest BCUT2D eigenvalue weighted by molar-refractivity contribution is 6.21. The van der Waals surface area contributed by atoms with Crippen LogP contribution in [-0.4, -0.2) is 29.2 Å². The molecule has 2 aromatic carbocycles. The van der Waals surface area contributed by atoms with Gasteiger partial charge >= 0.3 is 0 Å². The topological polar surface area (TPSA) is 66.5 Å². The van der Waals surface area contributed by atoms with Gasteiger partial charge in [-0.2, -0.15) is 0 Å². The van der Waals surface area contributed by atoms with Gasteiger partial charge in [-0.3, -0.25) is 19.3 Å². The van der Waals surface area contributed by atoms with Crippen molar-refractivity contribution >= 4 is 17.7 Å². The summed E-state index contributed by atoms with van der Waals surface area (Å²) in [7, 11) is 0. The largest absolute Gasteiger partial charge is 0.350 e. The van der Waals surface area contributed by atoms with Crippen molar-refractivity contribution in [2.45, 2.75) is 26.3 Å². The summed E-state index contributed by atoms with van der Waals surface area (Å²) in [4.78, 5) is 38.1. The number of aryl methyl sites for hydroxylation is 1. The summed E-state index contributed by atoms with van der Waals surface area (Å²) in [6.45, 7) is 3.86. The lowest BCUT2D eigenvalue weighted by Crippen LogP contribution is -2.35. The van der Waals surface area contributed by atoms with Crippen molar-refractivity contribution in [2.24, 2.45) is 0 Å². The van der Waals surface area contributed by atoms with Crippen molar-refractivity contribution in [2.75, 3.05) is 6.54 Å². The average molecular weight is 336 g/mol. The molecule has 0 aliphatic carbocycles. The standard InChI is InChI=1S/C20H20N2O3/c1-13-8-9-16-17(12-13)20(25)22(19(16)24)11-10-18(23)21-14(2)15-6-4-3-5-7-15/h3-9,12,14H,10-11H2,1-2H3,(H,21,23). The molecular weight excluding hydrogens is 316 g/mol. The van der Waals surface area contributed by atoms with E-state index in [1.165, 1.54) is 0 Å². The zero-order valence-electron chi connectivity index (χ0n) is 14.3. The minimum Gasteiger partial charge on any atom is -0.350 e. The van der Waals surface area contributed by atoms with Crippen LogP contribution in [0, 0.1) is 6.92 Å². The third-order valence-electron chi connectivity index (χ3n) is 4.37. The molecule has 0 fully saturated rings. The molecule has 1 atom stereocenters. The number of hydrogen-bond donors (Lipinski definition) is 1. The fraction of sp³-hybridized carbons (Fsp3) is 0.250. The number of imide groups is 1. The first-order valence-corrected chi connectivity index (χ1v) is 8.28. The van der Waals surface area contributed by atoms with E-state index in [-0.39, 0.29) is 36.7 Å². The van der Waals surface area contributed by atoms with Gasteiger partial charge < -0.3 is 5.32 Å². The molecule has 3 amide bonds. The predicted octanol–water partition coefficient (Wildman–Crippen LogP) is 2.86. The summed E-state index contributed by atoms with van der Waals surface area (Å²) >= 11 is 0. The fourth-order valence-corrected chi connectivity index (χ4v) is 2.96. The van der Waals surface area contributed by atoms with Crippen molar-refractivity contribution in [3.63, 3.8) is 0 Å². The molecule has 128 valence electrons. The Morgan fingerprint density at radius 1 is 1.04 bits per heavy atom. The van der Waals surface area contributed by atoms with E-state index in [4.69, 9.17) is 0 Å². The van der Waals surface area contributed by atoms with Gasteiger partial charge in [0.1, 0.15) is 0 Å². The van der Waals surface area contributed by atoms with Crippen LogP contribution in [0.5, 0.6) is 0 Å². The third kappa shape index (κ3) is 3.45. The lowest BCUT2D eigenvalue weighted by Gasteiger charge is -2.16. The summed E-state index contributed by atoms with van der Waals surface area (Å²) in [5.74, 6) is -0.847. The van der Waals surface area contributed by atoms with E-state index >= 15 is 0 Å². The van der Waals surface area contributed by atoms with Crippen LogP contribution in [0.15, 0.2) is 48.5 Å². The number of amides is 3. The Balaban J connectivity index is 1.60. The molecule has 1 unspecified atom stereocenters. The molecule has 5 heteroatoms. The molecule has 0 saturated carbocycles. The van der Waals surface area contributed by atoms with Gasteiger partial charge in [-0.05, 0) is 31.5 Å². The molecule has 1 aliphatic rings. The summed E-state index contributed by atoms with van der Waals surface area (Å²) in [6.07, 6.45) is 0.0849. The number of nitrogens with zero attached hydrogens (tertiary/aromatic N) is 1. The van der Waals surface area contributed by atoms with E-state index in [1.54, 1.807) is 12.1 Å². The Hall–Kier alpha value is -2.95. The monoisotopic (exact) mass is 336 g/mol. The number of fused-ring (bicyclic) bond motifs is 1. The van der Waals surface area contributed by atoms with Crippen molar-refractivity contribution in [1.29, 1.82) is 0 Å². The Morgan fingerprint density at radius 2 is 1.72 bits per heavy atom. The first-order valence-electron chi connectivity index (χ1n) is 8.28. The molecule has 5 nitrogen and oxygen atoms in total. The zero-order chi connectivity index (χ0) is 18.0. The van der Waals surface area contributed by atoms with Crippen molar-refractivity contribution in [1.82, 2.24) is 10.2 Å². The molecule has 25 heavy (non-hydrogen) atoms. The number of carbonyl (C=O) groups excluding carboxylic acids is 3. The van der Waals surface area contributed by atoms with Crippen LogP contribution in [-0.2, 0) is 4.79 Å². The summed E-state index contributed by atoms with van der Waals surface area (Å²) in [6, 6.07) is 14.7.